The maximum atomic E-state index is 13.0. The van der Waals surface area contributed by atoms with Crippen molar-refractivity contribution in [3.05, 3.63) is 53.8 Å². The van der Waals surface area contributed by atoms with Crippen LogP contribution < -0.4 is 0 Å². The molecule has 1 saturated heterocycles. The highest BCUT2D eigenvalue weighted by Gasteiger charge is 2.29. The van der Waals surface area contributed by atoms with Crippen LogP contribution in [0.3, 0.4) is 0 Å². The number of hydrogen-bond donors (Lipinski definition) is 1. The number of aromatic nitrogens is 4. The lowest BCUT2D eigenvalue weighted by molar-refractivity contribution is 0.0705. The van der Waals surface area contributed by atoms with Crippen molar-refractivity contribution < 1.29 is 9.32 Å². The van der Waals surface area contributed by atoms with E-state index in [0.29, 0.717) is 24.5 Å². The average Bonchev–Trinajstić information content (AvgIpc) is 3.38. The van der Waals surface area contributed by atoms with Crippen LogP contribution in [0.25, 0.3) is 11.3 Å². The summed E-state index contributed by atoms with van der Waals surface area (Å²) >= 11 is 0. The molecule has 4 rings (SSSR count). The zero-order valence-electron chi connectivity index (χ0n) is 15.6. The van der Waals surface area contributed by atoms with Gasteiger partial charge in [0.2, 0.25) is 5.89 Å². The highest BCUT2D eigenvalue weighted by Crippen LogP contribution is 2.29. The predicted molar refractivity (Wildman–Crippen MR) is 100 cm³/mol. The van der Waals surface area contributed by atoms with E-state index >= 15 is 0 Å². The van der Waals surface area contributed by atoms with Crippen LogP contribution in [0.2, 0.25) is 0 Å². The van der Waals surface area contributed by atoms with Crippen LogP contribution in [-0.2, 0) is 0 Å². The third-order valence-corrected chi connectivity index (χ3v) is 5.04. The van der Waals surface area contributed by atoms with Gasteiger partial charge in [-0.1, -0.05) is 49.3 Å². The standard InChI is InChI=1S/C20H23N5O2/c1-13(2)18-22-19(27-24-18)15-8-10-25(11-9-15)20(26)16-12-21-23-17(16)14-6-4-3-5-7-14/h3-7,12-13,15H,8-11H2,1-2H3,(H,21,23). The molecule has 3 aromatic rings. The van der Waals surface area contributed by atoms with Crippen molar-refractivity contribution in [2.45, 2.75) is 38.5 Å². The first-order chi connectivity index (χ1) is 13.1. The number of carbonyl (C=O) groups excluding carboxylic acids is 1. The van der Waals surface area contributed by atoms with E-state index in [9.17, 15) is 4.79 Å². The second kappa shape index (κ2) is 7.34. The summed E-state index contributed by atoms with van der Waals surface area (Å²) in [7, 11) is 0. The lowest BCUT2D eigenvalue weighted by Gasteiger charge is -2.30. The number of rotatable bonds is 4. The molecule has 1 fully saturated rings. The van der Waals surface area contributed by atoms with Crippen LogP contribution in [0.1, 0.15) is 60.6 Å². The number of piperidine rings is 1. The number of benzene rings is 1. The molecule has 1 amide bonds. The molecule has 140 valence electrons. The summed E-state index contributed by atoms with van der Waals surface area (Å²) in [6.07, 6.45) is 3.26. The molecule has 3 heterocycles. The summed E-state index contributed by atoms with van der Waals surface area (Å²) in [6.45, 7) is 5.43. The van der Waals surface area contributed by atoms with Crippen LogP contribution in [-0.4, -0.2) is 44.2 Å². The predicted octanol–water partition coefficient (Wildman–Crippen LogP) is 3.60. The number of amides is 1. The molecule has 7 heteroatoms. The molecule has 0 atom stereocenters. The van der Waals surface area contributed by atoms with Crippen molar-refractivity contribution in [3.8, 4) is 11.3 Å². The number of hydrogen-bond acceptors (Lipinski definition) is 5. The zero-order chi connectivity index (χ0) is 18.8. The Morgan fingerprint density at radius 2 is 1.96 bits per heavy atom. The molecule has 1 aromatic carbocycles. The van der Waals surface area contributed by atoms with Crippen molar-refractivity contribution >= 4 is 5.91 Å². The summed E-state index contributed by atoms with van der Waals surface area (Å²) in [4.78, 5) is 19.4. The number of carbonyl (C=O) groups is 1. The summed E-state index contributed by atoms with van der Waals surface area (Å²) in [5.74, 6) is 1.91. The Hall–Kier alpha value is -2.96. The number of H-pyrrole nitrogens is 1. The Balaban J connectivity index is 1.44. The molecule has 1 N–H and O–H groups in total. The molecule has 0 aliphatic carbocycles. The van der Waals surface area contributed by atoms with Crippen LogP contribution >= 0.6 is 0 Å². The maximum Gasteiger partial charge on any atom is 0.257 e. The highest BCUT2D eigenvalue weighted by atomic mass is 16.5. The van der Waals surface area contributed by atoms with Gasteiger partial charge in [0, 0.05) is 30.5 Å². The third kappa shape index (κ3) is 3.49. The average molecular weight is 365 g/mol. The van der Waals surface area contributed by atoms with E-state index in [-0.39, 0.29) is 17.7 Å². The first kappa shape index (κ1) is 17.5. The lowest BCUT2D eigenvalue weighted by Crippen LogP contribution is -2.38. The van der Waals surface area contributed by atoms with Crippen molar-refractivity contribution in [1.82, 2.24) is 25.2 Å². The van der Waals surface area contributed by atoms with Gasteiger partial charge >= 0.3 is 0 Å². The molecule has 0 saturated carbocycles. The number of aromatic amines is 1. The SMILES string of the molecule is CC(C)c1noc(C2CCN(C(=O)c3cn[nH]c3-c3ccccc3)CC2)n1. The fourth-order valence-corrected chi connectivity index (χ4v) is 3.42. The van der Waals surface area contributed by atoms with Crippen LogP contribution in [0.5, 0.6) is 0 Å². The molecular weight excluding hydrogens is 342 g/mol. The fraction of sp³-hybridized carbons (Fsp3) is 0.400. The van der Waals surface area contributed by atoms with Crippen LogP contribution in [0.4, 0.5) is 0 Å². The monoisotopic (exact) mass is 365 g/mol. The van der Waals surface area contributed by atoms with Crippen molar-refractivity contribution in [1.29, 1.82) is 0 Å². The minimum atomic E-state index is 0.00875. The molecule has 2 aromatic heterocycles. The molecule has 1 aliphatic rings. The van der Waals surface area contributed by atoms with E-state index in [0.717, 1.165) is 29.9 Å². The van der Waals surface area contributed by atoms with Gasteiger partial charge in [-0.25, -0.2) is 0 Å². The minimum absolute atomic E-state index is 0.00875. The Morgan fingerprint density at radius 3 is 2.63 bits per heavy atom. The van der Waals surface area contributed by atoms with Gasteiger partial charge < -0.3 is 9.42 Å². The minimum Gasteiger partial charge on any atom is -0.339 e. The van der Waals surface area contributed by atoms with E-state index in [1.165, 1.54) is 0 Å². The fourth-order valence-electron chi connectivity index (χ4n) is 3.42. The largest absolute Gasteiger partial charge is 0.339 e. The quantitative estimate of drug-likeness (QED) is 0.763. The zero-order valence-corrected chi connectivity index (χ0v) is 15.6. The summed E-state index contributed by atoms with van der Waals surface area (Å²) in [6, 6.07) is 9.79. The van der Waals surface area contributed by atoms with Gasteiger partial charge in [0.25, 0.3) is 5.91 Å². The molecule has 0 spiro atoms. The van der Waals surface area contributed by atoms with Crippen molar-refractivity contribution in [3.63, 3.8) is 0 Å². The molecule has 1 aliphatic heterocycles. The van der Waals surface area contributed by atoms with Crippen LogP contribution in [0.15, 0.2) is 41.1 Å². The van der Waals surface area contributed by atoms with Crippen LogP contribution in [0, 0.1) is 0 Å². The first-order valence-electron chi connectivity index (χ1n) is 9.35. The Bertz CT molecular complexity index is 907. The van der Waals surface area contributed by atoms with E-state index < -0.39 is 0 Å². The van der Waals surface area contributed by atoms with E-state index in [1.807, 2.05) is 49.1 Å². The van der Waals surface area contributed by atoms with E-state index in [2.05, 4.69) is 20.3 Å². The van der Waals surface area contributed by atoms with Gasteiger partial charge in [0.15, 0.2) is 5.82 Å². The van der Waals surface area contributed by atoms with Crippen molar-refractivity contribution in [2.75, 3.05) is 13.1 Å². The third-order valence-electron chi connectivity index (χ3n) is 5.04. The van der Waals surface area contributed by atoms with E-state index in [1.54, 1.807) is 6.20 Å². The topological polar surface area (TPSA) is 87.9 Å². The summed E-state index contributed by atoms with van der Waals surface area (Å²) in [5, 5.41) is 11.1. The van der Waals surface area contributed by atoms with Gasteiger partial charge in [-0.15, -0.1) is 0 Å². The maximum absolute atomic E-state index is 13.0. The van der Waals surface area contributed by atoms with Gasteiger partial charge in [0.1, 0.15) is 0 Å². The second-order valence-corrected chi connectivity index (χ2v) is 7.24. The normalized spacial score (nSPS) is 15.4. The molecule has 0 bridgehead atoms. The smallest absolute Gasteiger partial charge is 0.257 e. The number of nitrogens with one attached hydrogen (secondary N) is 1. The number of nitrogens with zero attached hydrogens (tertiary/aromatic N) is 4. The van der Waals surface area contributed by atoms with Gasteiger partial charge in [-0.05, 0) is 12.8 Å². The molecule has 7 nitrogen and oxygen atoms in total. The number of likely N-dealkylation sites (tertiary alicyclic amines) is 1. The lowest BCUT2D eigenvalue weighted by atomic mass is 9.96. The second-order valence-electron chi connectivity index (χ2n) is 7.24. The van der Waals surface area contributed by atoms with Gasteiger partial charge in [-0.3, -0.25) is 9.89 Å². The summed E-state index contributed by atoms with van der Waals surface area (Å²) in [5.41, 5.74) is 2.33. The highest BCUT2D eigenvalue weighted by molar-refractivity contribution is 5.99. The Kier molecular flexibility index (Phi) is 4.75. The van der Waals surface area contributed by atoms with E-state index in [4.69, 9.17) is 4.52 Å². The van der Waals surface area contributed by atoms with Crippen molar-refractivity contribution in [2.24, 2.45) is 0 Å². The molecule has 0 radical (unpaired) electrons. The summed E-state index contributed by atoms with van der Waals surface area (Å²) < 4.78 is 5.43. The first-order valence-corrected chi connectivity index (χ1v) is 9.35. The van der Waals surface area contributed by atoms with Gasteiger partial charge in [0.05, 0.1) is 17.5 Å². The van der Waals surface area contributed by atoms with Gasteiger partial charge in [-0.2, -0.15) is 10.1 Å². The molecule has 27 heavy (non-hydrogen) atoms. The Labute approximate surface area is 157 Å². The Morgan fingerprint density at radius 1 is 1.22 bits per heavy atom. The molecular formula is C20H23N5O2. The molecule has 0 unspecified atom stereocenters.